The predicted molar refractivity (Wildman–Crippen MR) is 46.8 cm³/mol. The van der Waals surface area contributed by atoms with E-state index in [0.29, 0.717) is 0 Å². The molecule has 2 radical (unpaired) electrons. The van der Waals surface area contributed by atoms with E-state index in [2.05, 4.69) is 22.9 Å². The fourth-order valence-electron chi connectivity index (χ4n) is 0.704. The summed E-state index contributed by atoms with van der Waals surface area (Å²) >= 11 is 2.54. The molecule has 11 heavy (non-hydrogen) atoms. The highest BCUT2D eigenvalue weighted by Crippen LogP contribution is 2.09. The lowest BCUT2D eigenvalue weighted by Gasteiger charge is -2.10. The van der Waals surface area contributed by atoms with Gasteiger partial charge in [-0.15, -0.1) is 6.58 Å². The van der Waals surface area contributed by atoms with Gasteiger partial charge in [0.2, 0.25) is 0 Å². The van der Waals surface area contributed by atoms with Gasteiger partial charge in [-0.1, -0.05) is 24.3 Å². The quantitative estimate of drug-likeness (QED) is 0.483. The predicted octanol–water partition coefficient (Wildman–Crippen LogP) is 1.75. The van der Waals surface area contributed by atoms with Crippen molar-refractivity contribution in [2.45, 2.75) is 4.97 Å². The summed E-state index contributed by atoms with van der Waals surface area (Å²) in [5.74, 6) is 0.868. The minimum Gasteiger partial charge on any atom is -0.505 e. The molecular weight excluding hydrogens is 151 g/mol. The molecule has 2 heteroatoms. The zero-order valence-corrected chi connectivity index (χ0v) is 7.39. The topological polar surface area (TPSA) is 9.23 Å². The number of ether oxygens (including phenoxy) is 1. The second-order valence-corrected chi connectivity index (χ2v) is 2.79. The zero-order valence-electron chi connectivity index (χ0n) is 6.23. The molecule has 0 N–H and O–H groups in total. The van der Waals surface area contributed by atoms with E-state index < -0.39 is 0 Å². The Balaban J connectivity index is 2.57. The molecule has 0 aliphatic heterocycles. The van der Waals surface area contributed by atoms with Gasteiger partial charge in [-0.25, -0.2) is 0 Å². The molecule has 1 rings (SSSR count). The maximum Gasteiger partial charge on any atom is 0.200 e. The third-order valence-electron chi connectivity index (χ3n) is 1.25. The van der Waals surface area contributed by atoms with Crippen molar-refractivity contribution in [1.82, 2.24) is 0 Å². The summed E-state index contributed by atoms with van der Waals surface area (Å²) in [6.07, 6.45) is 1.73. The molecule has 0 bridgehead atoms. The molecule has 0 fully saturated rings. The molecule has 0 spiro atoms. The standard InChI is InChI=1S/C9H9O.Al/c1-2-8-10-9-6-4-3-5-7-9;/h2-8H,1H2;. The van der Waals surface area contributed by atoms with Gasteiger partial charge in [0.15, 0.2) is 16.3 Å². The van der Waals surface area contributed by atoms with Crippen molar-refractivity contribution in [3.05, 3.63) is 43.0 Å². The first-order valence-corrected chi connectivity index (χ1v) is 4.09. The lowest BCUT2D eigenvalue weighted by Crippen LogP contribution is -2.11. The first-order chi connectivity index (χ1) is 5.33. The first kappa shape index (κ1) is 8.39. The van der Waals surface area contributed by atoms with Crippen LogP contribution in [0.25, 0.3) is 0 Å². The average Bonchev–Trinajstić information content (AvgIpc) is 2.06. The van der Waals surface area contributed by atoms with Crippen LogP contribution in [0.3, 0.4) is 0 Å². The molecule has 1 nitrogen and oxygen atoms in total. The summed E-state index contributed by atoms with van der Waals surface area (Å²) in [7, 11) is 0. The average molecular weight is 160 g/mol. The molecule has 0 aliphatic rings. The number of hydrogen-bond donors (Lipinski definition) is 0. The molecule has 0 amide bonds. The number of para-hydroxylation sites is 1. The highest BCUT2D eigenvalue weighted by atomic mass is 27.0. The Morgan fingerprint density at radius 1 is 1.36 bits per heavy atom. The lowest BCUT2D eigenvalue weighted by atomic mass is 10.3. The molecule has 1 aromatic carbocycles. The van der Waals surface area contributed by atoms with Gasteiger partial charge in [0.1, 0.15) is 5.75 Å². The summed E-state index contributed by atoms with van der Waals surface area (Å²) in [6.45, 7) is 3.61. The molecule has 1 aromatic rings. The molecule has 0 saturated carbocycles. The van der Waals surface area contributed by atoms with Crippen LogP contribution in [0, 0.1) is 0 Å². The van der Waals surface area contributed by atoms with Gasteiger partial charge in [0.25, 0.3) is 0 Å². The zero-order chi connectivity index (χ0) is 8.10. The fraction of sp³-hybridized carbons (Fsp3) is 0.111. The SMILES string of the molecule is C=C[CH]([Al])Oc1ccccc1. The Morgan fingerprint density at radius 2 is 2.00 bits per heavy atom. The molecule has 0 aromatic heterocycles. The van der Waals surface area contributed by atoms with E-state index in [1.807, 2.05) is 30.3 Å². The normalized spacial score (nSPS) is 12.0. The Hall–Kier alpha value is -0.708. The maximum absolute atomic E-state index is 5.41. The van der Waals surface area contributed by atoms with Crippen molar-refractivity contribution in [3.63, 3.8) is 0 Å². The van der Waals surface area contributed by atoms with Crippen molar-refractivity contribution < 1.29 is 4.74 Å². The summed E-state index contributed by atoms with van der Waals surface area (Å²) < 4.78 is 5.41. The highest BCUT2D eigenvalue weighted by molar-refractivity contribution is 6.12. The first-order valence-electron chi connectivity index (χ1n) is 3.43. The van der Waals surface area contributed by atoms with Gasteiger partial charge in [-0.3, -0.25) is 0 Å². The van der Waals surface area contributed by atoms with Crippen LogP contribution in [0.2, 0.25) is 0 Å². The van der Waals surface area contributed by atoms with E-state index in [1.54, 1.807) is 6.08 Å². The largest absolute Gasteiger partial charge is 0.505 e. The van der Waals surface area contributed by atoms with Gasteiger partial charge in [-0.2, -0.15) is 0 Å². The molecule has 0 aliphatic carbocycles. The van der Waals surface area contributed by atoms with Crippen molar-refractivity contribution in [3.8, 4) is 5.75 Å². The monoisotopic (exact) mass is 160 g/mol. The van der Waals surface area contributed by atoms with Crippen LogP contribution in [0.15, 0.2) is 43.0 Å². The van der Waals surface area contributed by atoms with Crippen molar-refractivity contribution >= 4 is 16.3 Å². The number of hydrogen-bond acceptors (Lipinski definition) is 1. The smallest absolute Gasteiger partial charge is 0.200 e. The Morgan fingerprint density at radius 3 is 2.55 bits per heavy atom. The molecular formula is C9H9AlO. The van der Waals surface area contributed by atoms with Crippen LogP contribution in [0.5, 0.6) is 5.75 Å². The Kier molecular flexibility index (Phi) is 3.23. The minimum atomic E-state index is -0.00241. The summed E-state index contributed by atoms with van der Waals surface area (Å²) in [5, 5.41) is 0. The van der Waals surface area contributed by atoms with Crippen LogP contribution in [-0.2, 0) is 0 Å². The highest BCUT2D eigenvalue weighted by Gasteiger charge is 1.94. The van der Waals surface area contributed by atoms with Crippen molar-refractivity contribution in [2.75, 3.05) is 0 Å². The number of benzene rings is 1. The third-order valence-corrected chi connectivity index (χ3v) is 1.66. The minimum absolute atomic E-state index is 0.00241. The fourth-order valence-corrected chi connectivity index (χ4v) is 0.861. The van der Waals surface area contributed by atoms with Crippen LogP contribution in [-0.4, -0.2) is 21.3 Å². The lowest BCUT2D eigenvalue weighted by molar-refractivity contribution is 0.326. The van der Waals surface area contributed by atoms with Crippen LogP contribution in [0.4, 0.5) is 0 Å². The van der Waals surface area contributed by atoms with Crippen molar-refractivity contribution in [1.29, 1.82) is 0 Å². The molecule has 54 valence electrons. The molecule has 0 saturated heterocycles. The maximum atomic E-state index is 5.41. The summed E-state index contributed by atoms with van der Waals surface area (Å²) in [5.41, 5.74) is 0. The van der Waals surface area contributed by atoms with Gasteiger partial charge < -0.3 is 4.74 Å². The molecule has 0 heterocycles. The Labute approximate surface area is 75.1 Å². The van der Waals surface area contributed by atoms with Gasteiger partial charge in [0.05, 0.1) is 0 Å². The van der Waals surface area contributed by atoms with E-state index in [4.69, 9.17) is 4.74 Å². The van der Waals surface area contributed by atoms with Crippen LogP contribution in [0.1, 0.15) is 0 Å². The van der Waals surface area contributed by atoms with E-state index in [0.717, 1.165) is 5.75 Å². The van der Waals surface area contributed by atoms with Gasteiger partial charge in [0, 0.05) is 4.97 Å². The second kappa shape index (κ2) is 4.23. The third kappa shape index (κ3) is 2.80. The number of rotatable bonds is 3. The van der Waals surface area contributed by atoms with Crippen molar-refractivity contribution in [2.24, 2.45) is 0 Å². The summed E-state index contributed by atoms with van der Waals surface area (Å²) in [6, 6.07) is 9.67. The van der Waals surface area contributed by atoms with E-state index >= 15 is 0 Å². The van der Waals surface area contributed by atoms with Crippen LogP contribution < -0.4 is 4.74 Å². The van der Waals surface area contributed by atoms with Gasteiger partial charge >= 0.3 is 0 Å². The molecule has 1 unspecified atom stereocenters. The van der Waals surface area contributed by atoms with E-state index in [1.165, 1.54) is 0 Å². The molecule has 1 atom stereocenters. The van der Waals surface area contributed by atoms with Crippen LogP contribution >= 0.6 is 0 Å². The van der Waals surface area contributed by atoms with Gasteiger partial charge in [-0.05, 0) is 12.1 Å². The van der Waals surface area contributed by atoms with E-state index in [-0.39, 0.29) is 4.97 Å². The van der Waals surface area contributed by atoms with E-state index in [9.17, 15) is 0 Å². The second-order valence-electron chi connectivity index (χ2n) is 2.13. The summed E-state index contributed by atoms with van der Waals surface area (Å²) in [4.78, 5) is -0.00241. The Bertz CT molecular complexity index is 220.